The quantitative estimate of drug-likeness (QED) is 0.137. The van der Waals surface area contributed by atoms with E-state index in [0.29, 0.717) is 23.2 Å². The molecule has 0 saturated heterocycles. The third kappa shape index (κ3) is 5.47. The van der Waals surface area contributed by atoms with E-state index in [4.69, 9.17) is 9.51 Å². The molecule has 2 fully saturated rings. The first-order valence-electron chi connectivity index (χ1n) is 17.2. The normalized spacial score (nSPS) is 17.3. The Kier molecular flexibility index (Phi) is 7.83. The van der Waals surface area contributed by atoms with Gasteiger partial charge in [0.2, 0.25) is 0 Å². The Morgan fingerprint density at radius 3 is 2.58 bits per heavy atom. The van der Waals surface area contributed by atoms with Gasteiger partial charge < -0.3 is 19.5 Å². The molecule has 1 amide bonds. The number of carbonyl (C=O) groups excluding carboxylic acids is 1. The van der Waals surface area contributed by atoms with Crippen molar-refractivity contribution < 1.29 is 14.4 Å². The van der Waals surface area contributed by atoms with E-state index in [-0.39, 0.29) is 11.7 Å². The van der Waals surface area contributed by atoms with Gasteiger partial charge in [0.1, 0.15) is 11.3 Å². The second-order valence-corrected chi connectivity index (χ2v) is 13.5. The lowest BCUT2D eigenvalue weighted by molar-refractivity contribution is 0.0892. The molecular formula is C41H40N4O3. The third-order valence-corrected chi connectivity index (χ3v) is 10.5. The van der Waals surface area contributed by atoms with E-state index in [2.05, 4.69) is 70.2 Å². The average Bonchev–Trinajstić information content (AvgIpc) is 3.84. The van der Waals surface area contributed by atoms with Crippen molar-refractivity contribution in [1.29, 1.82) is 0 Å². The van der Waals surface area contributed by atoms with Crippen molar-refractivity contribution in [2.75, 3.05) is 0 Å². The van der Waals surface area contributed by atoms with Crippen LogP contribution in [0.3, 0.4) is 0 Å². The number of carbonyl (C=O) groups is 1. The topological polar surface area (TPSA) is 93.2 Å². The Balaban J connectivity index is 1.13. The number of benzene rings is 3. The third-order valence-electron chi connectivity index (χ3n) is 10.5. The Labute approximate surface area is 280 Å². The minimum atomic E-state index is -0.692. The molecule has 0 radical (unpaired) electrons. The fraction of sp³-hybridized carbons (Fsp3) is 0.293. The van der Waals surface area contributed by atoms with Crippen LogP contribution in [-0.4, -0.2) is 25.7 Å². The second kappa shape index (κ2) is 12.5. The number of nitrogens with one attached hydrogen (secondary N) is 1. The number of nitrogens with zero attached hydrogens (tertiary/aromatic N) is 3. The molecule has 242 valence electrons. The number of aliphatic hydroxyl groups is 1. The van der Waals surface area contributed by atoms with Gasteiger partial charge in [-0.1, -0.05) is 105 Å². The maximum absolute atomic E-state index is 14.1. The lowest BCUT2D eigenvalue weighted by atomic mass is 9.81. The first-order valence-corrected chi connectivity index (χ1v) is 17.2. The number of allylic oxidation sites excluding steroid dienone is 2. The van der Waals surface area contributed by atoms with Gasteiger partial charge in [-0.3, -0.25) is 4.79 Å². The van der Waals surface area contributed by atoms with Crippen LogP contribution in [0.2, 0.25) is 0 Å². The highest BCUT2D eigenvalue weighted by molar-refractivity contribution is 6.01. The Morgan fingerprint density at radius 2 is 1.79 bits per heavy atom. The molecule has 0 atom stereocenters. The maximum Gasteiger partial charge on any atom is 0.258 e. The van der Waals surface area contributed by atoms with Gasteiger partial charge in [0, 0.05) is 34.1 Å². The van der Waals surface area contributed by atoms with E-state index >= 15 is 0 Å². The maximum atomic E-state index is 14.1. The number of hydrogen-bond acceptors (Lipinski definition) is 5. The van der Waals surface area contributed by atoms with Gasteiger partial charge in [-0.05, 0) is 78.6 Å². The molecule has 2 aromatic heterocycles. The summed E-state index contributed by atoms with van der Waals surface area (Å²) in [6.45, 7) is 4.25. The predicted molar refractivity (Wildman–Crippen MR) is 190 cm³/mol. The van der Waals surface area contributed by atoms with Crippen LogP contribution in [0.25, 0.3) is 45.8 Å². The molecule has 0 unspecified atom stereocenters. The summed E-state index contributed by atoms with van der Waals surface area (Å²) in [6, 6.07) is 22.6. The van der Waals surface area contributed by atoms with Crippen molar-refractivity contribution in [3.05, 3.63) is 119 Å². The molecule has 3 aliphatic rings. The van der Waals surface area contributed by atoms with Crippen molar-refractivity contribution >= 4 is 29.0 Å². The van der Waals surface area contributed by atoms with Gasteiger partial charge in [-0.2, -0.15) is 4.98 Å². The molecule has 2 saturated carbocycles. The average molecular weight is 637 g/mol. The van der Waals surface area contributed by atoms with E-state index in [0.717, 1.165) is 48.9 Å². The molecule has 1 aliphatic heterocycles. The van der Waals surface area contributed by atoms with E-state index in [1.54, 1.807) is 12.2 Å². The summed E-state index contributed by atoms with van der Waals surface area (Å²) in [7, 11) is 0. The molecule has 7 heteroatoms. The van der Waals surface area contributed by atoms with Crippen molar-refractivity contribution in [1.82, 2.24) is 20.0 Å². The molecule has 3 heterocycles. The minimum Gasteiger partial charge on any atom is -0.509 e. The van der Waals surface area contributed by atoms with E-state index < -0.39 is 5.54 Å². The molecule has 2 aliphatic carbocycles. The van der Waals surface area contributed by atoms with Crippen LogP contribution < -0.4 is 5.32 Å². The molecule has 0 spiro atoms. The lowest BCUT2D eigenvalue weighted by Crippen LogP contribution is -2.44. The fourth-order valence-corrected chi connectivity index (χ4v) is 8.08. The molecule has 7 nitrogen and oxygen atoms in total. The number of fused-ring (bicyclic) bond motifs is 5. The van der Waals surface area contributed by atoms with E-state index in [1.807, 2.05) is 30.3 Å². The van der Waals surface area contributed by atoms with Gasteiger partial charge in [0.05, 0.1) is 5.69 Å². The van der Waals surface area contributed by atoms with Gasteiger partial charge in [-0.25, -0.2) is 0 Å². The number of rotatable bonds is 7. The van der Waals surface area contributed by atoms with Crippen LogP contribution >= 0.6 is 0 Å². The van der Waals surface area contributed by atoms with E-state index in [9.17, 15) is 9.90 Å². The van der Waals surface area contributed by atoms with Crippen LogP contribution in [0.1, 0.15) is 96.6 Å². The van der Waals surface area contributed by atoms with Crippen molar-refractivity contribution in [2.45, 2.75) is 75.8 Å². The van der Waals surface area contributed by atoms with Crippen LogP contribution in [0.4, 0.5) is 0 Å². The highest BCUT2D eigenvalue weighted by atomic mass is 16.5. The summed E-state index contributed by atoms with van der Waals surface area (Å²) in [4.78, 5) is 18.9. The fourth-order valence-electron chi connectivity index (χ4n) is 8.08. The Morgan fingerprint density at radius 1 is 1.00 bits per heavy atom. The summed E-state index contributed by atoms with van der Waals surface area (Å²) in [5.41, 5.74) is 8.04. The van der Waals surface area contributed by atoms with Gasteiger partial charge in [0.15, 0.2) is 5.82 Å². The first-order chi connectivity index (χ1) is 23.5. The summed E-state index contributed by atoms with van der Waals surface area (Å²) in [5.74, 6) is 1.33. The van der Waals surface area contributed by atoms with Crippen LogP contribution in [0, 0.1) is 0 Å². The summed E-state index contributed by atoms with van der Waals surface area (Å²) in [5, 5.41) is 18.4. The Hall–Kier alpha value is -5.17. The molecule has 8 rings (SSSR count). The summed E-state index contributed by atoms with van der Waals surface area (Å²) >= 11 is 0. The molecule has 48 heavy (non-hydrogen) atoms. The molecule has 3 aromatic carbocycles. The zero-order chi connectivity index (χ0) is 32.7. The standard InChI is InChI=1S/C41H40N4O3/c1-27(46)15-16-28-17-19-31(20-18-28)39-42-40(44-48-39)41(23-7-8-24-41)43-38(47)32-21-22-34-35(26-32)45-25-9-13-29-10-5-6-14-33(29)37(45)36(34)30-11-3-2-4-12-30/h5-6,9-10,13-22,26,30,46H,1-4,7-8,11-12,23-25H2,(H,43,47)/b16-15+. The number of amides is 1. The largest absolute Gasteiger partial charge is 0.509 e. The minimum absolute atomic E-state index is 0.0000883. The molecule has 0 bridgehead atoms. The Bertz CT molecular complexity index is 2070. The lowest BCUT2D eigenvalue weighted by Gasteiger charge is -2.26. The zero-order valence-electron chi connectivity index (χ0n) is 27.1. The molecular weight excluding hydrogens is 596 g/mol. The van der Waals surface area contributed by atoms with Gasteiger partial charge in [0.25, 0.3) is 11.8 Å². The van der Waals surface area contributed by atoms with E-state index in [1.165, 1.54) is 59.9 Å². The molecule has 2 N–H and O–H groups in total. The SMILES string of the molecule is C=C(O)/C=C/c1ccc(-c2nc(C3(NC(=O)c4ccc5c(C6CCCCC6)c6n(c5c4)CC=Cc4ccccc4-6)CCCC3)no2)cc1. The van der Waals surface area contributed by atoms with Gasteiger partial charge >= 0.3 is 0 Å². The highest BCUT2D eigenvalue weighted by Gasteiger charge is 2.42. The number of aromatic nitrogens is 3. The first kappa shape index (κ1) is 30.2. The van der Waals surface area contributed by atoms with Crippen LogP contribution in [0.15, 0.2) is 95.7 Å². The summed E-state index contributed by atoms with van der Waals surface area (Å²) < 4.78 is 8.17. The van der Waals surface area contributed by atoms with Gasteiger partial charge in [-0.15, -0.1) is 0 Å². The van der Waals surface area contributed by atoms with Crippen molar-refractivity contribution in [2.24, 2.45) is 0 Å². The number of aliphatic hydroxyl groups excluding tert-OH is 1. The van der Waals surface area contributed by atoms with Crippen LogP contribution in [0.5, 0.6) is 0 Å². The predicted octanol–water partition coefficient (Wildman–Crippen LogP) is 9.72. The van der Waals surface area contributed by atoms with Crippen LogP contribution in [-0.2, 0) is 12.1 Å². The summed E-state index contributed by atoms with van der Waals surface area (Å²) in [6.07, 6.45) is 17.5. The monoisotopic (exact) mass is 636 g/mol. The zero-order valence-corrected chi connectivity index (χ0v) is 27.1. The molecule has 5 aromatic rings. The van der Waals surface area contributed by atoms with Crippen molar-refractivity contribution in [3.63, 3.8) is 0 Å². The highest BCUT2D eigenvalue weighted by Crippen LogP contribution is 2.46. The smallest absolute Gasteiger partial charge is 0.258 e. The second-order valence-electron chi connectivity index (χ2n) is 13.5. The van der Waals surface area contributed by atoms with Crippen molar-refractivity contribution in [3.8, 4) is 22.7 Å². The number of hydrogen-bond donors (Lipinski definition) is 2.